The van der Waals surface area contributed by atoms with E-state index >= 15 is 0 Å². The number of hydrogen-bond acceptors (Lipinski definition) is 1. The van der Waals surface area contributed by atoms with Crippen LogP contribution in [0.5, 0.6) is 0 Å². The zero-order valence-electron chi connectivity index (χ0n) is 16.1. The SMILES string of the molecule is Cc1cccc(C(=O)c2cccc(C)c2-c2ccccc2)c1-c1ccccc1. The molecule has 1 heteroatoms. The normalized spacial score (nSPS) is 10.6. The fourth-order valence-corrected chi connectivity index (χ4v) is 3.84. The maximum Gasteiger partial charge on any atom is 0.194 e. The van der Waals surface area contributed by atoms with Gasteiger partial charge in [0, 0.05) is 11.1 Å². The van der Waals surface area contributed by atoms with Crippen molar-refractivity contribution in [1.29, 1.82) is 0 Å². The van der Waals surface area contributed by atoms with Crippen molar-refractivity contribution in [3.63, 3.8) is 0 Å². The summed E-state index contributed by atoms with van der Waals surface area (Å²) in [5, 5.41) is 0. The Bertz CT molecular complexity index is 1030. The first-order valence-corrected chi connectivity index (χ1v) is 9.51. The van der Waals surface area contributed by atoms with Gasteiger partial charge in [-0.3, -0.25) is 4.79 Å². The molecule has 0 aromatic heterocycles. The topological polar surface area (TPSA) is 17.1 Å². The molecule has 0 aliphatic heterocycles. The first kappa shape index (κ1) is 17.9. The molecule has 0 amide bonds. The molecular weight excluding hydrogens is 340 g/mol. The summed E-state index contributed by atoms with van der Waals surface area (Å²) in [5.74, 6) is 0.0603. The molecule has 0 aliphatic rings. The van der Waals surface area contributed by atoms with E-state index in [1.165, 1.54) is 0 Å². The first-order valence-electron chi connectivity index (χ1n) is 9.51. The first-order chi connectivity index (χ1) is 13.7. The van der Waals surface area contributed by atoms with Gasteiger partial charge >= 0.3 is 0 Å². The Labute approximate surface area is 166 Å². The van der Waals surface area contributed by atoms with E-state index in [2.05, 4.69) is 50.2 Å². The van der Waals surface area contributed by atoms with Crippen LogP contribution in [0.3, 0.4) is 0 Å². The smallest absolute Gasteiger partial charge is 0.194 e. The molecule has 0 unspecified atom stereocenters. The molecular formula is C27H22O. The number of ketones is 1. The highest BCUT2D eigenvalue weighted by Gasteiger charge is 2.20. The lowest BCUT2D eigenvalue weighted by Gasteiger charge is -2.16. The number of hydrogen-bond donors (Lipinski definition) is 0. The number of rotatable bonds is 4. The van der Waals surface area contributed by atoms with E-state index in [0.717, 1.165) is 44.5 Å². The highest BCUT2D eigenvalue weighted by atomic mass is 16.1. The largest absolute Gasteiger partial charge is 0.289 e. The predicted molar refractivity (Wildman–Crippen MR) is 117 cm³/mol. The molecule has 0 bridgehead atoms. The van der Waals surface area contributed by atoms with E-state index in [1.807, 2.05) is 60.7 Å². The van der Waals surface area contributed by atoms with Gasteiger partial charge in [0.2, 0.25) is 0 Å². The molecule has 0 spiro atoms. The van der Waals surface area contributed by atoms with Crippen molar-refractivity contribution in [2.75, 3.05) is 0 Å². The van der Waals surface area contributed by atoms with Gasteiger partial charge in [0.25, 0.3) is 0 Å². The number of aryl methyl sites for hydroxylation is 2. The van der Waals surface area contributed by atoms with Gasteiger partial charge in [-0.05, 0) is 47.2 Å². The van der Waals surface area contributed by atoms with Gasteiger partial charge < -0.3 is 0 Å². The monoisotopic (exact) mass is 362 g/mol. The van der Waals surface area contributed by atoms with Crippen LogP contribution < -0.4 is 0 Å². The van der Waals surface area contributed by atoms with Crippen molar-refractivity contribution in [2.45, 2.75) is 13.8 Å². The van der Waals surface area contributed by atoms with E-state index in [4.69, 9.17) is 0 Å². The summed E-state index contributed by atoms with van der Waals surface area (Å²) < 4.78 is 0. The van der Waals surface area contributed by atoms with Crippen molar-refractivity contribution in [2.24, 2.45) is 0 Å². The molecule has 0 atom stereocenters. The molecule has 4 rings (SSSR count). The van der Waals surface area contributed by atoms with E-state index in [0.29, 0.717) is 0 Å². The van der Waals surface area contributed by atoms with Crippen molar-refractivity contribution < 1.29 is 4.79 Å². The second kappa shape index (κ2) is 7.66. The summed E-state index contributed by atoms with van der Waals surface area (Å²) in [6.45, 7) is 4.13. The lowest BCUT2D eigenvalue weighted by Crippen LogP contribution is -2.07. The highest BCUT2D eigenvalue weighted by Crippen LogP contribution is 2.33. The van der Waals surface area contributed by atoms with Crippen LogP contribution >= 0.6 is 0 Å². The third kappa shape index (κ3) is 3.27. The van der Waals surface area contributed by atoms with E-state index in [-0.39, 0.29) is 5.78 Å². The average molecular weight is 362 g/mol. The molecule has 0 N–H and O–H groups in total. The quantitative estimate of drug-likeness (QED) is 0.362. The Morgan fingerprint density at radius 1 is 0.500 bits per heavy atom. The van der Waals surface area contributed by atoms with Crippen LogP contribution in [0, 0.1) is 13.8 Å². The van der Waals surface area contributed by atoms with Gasteiger partial charge in [0.15, 0.2) is 5.78 Å². The summed E-state index contributed by atoms with van der Waals surface area (Å²) in [4.78, 5) is 13.7. The van der Waals surface area contributed by atoms with Crippen LogP contribution in [-0.2, 0) is 0 Å². The van der Waals surface area contributed by atoms with E-state index in [9.17, 15) is 4.79 Å². The summed E-state index contributed by atoms with van der Waals surface area (Å²) >= 11 is 0. The third-order valence-corrected chi connectivity index (χ3v) is 5.16. The molecule has 0 heterocycles. The minimum Gasteiger partial charge on any atom is -0.289 e. The summed E-state index contributed by atoms with van der Waals surface area (Å²) in [7, 11) is 0. The molecule has 4 aromatic rings. The minimum absolute atomic E-state index is 0.0603. The van der Waals surface area contributed by atoms with Crippen molar-refractivity contribution in [1.82, 2.24) is 0 Å². The Morgan fingerprint density at radius 3 is 1.29 bits per heavy atom. The molecule has 0 saturated heterocycles. The van der Waals surface area contributed by atoms with Gasteiger partial charge in [-0.25, -0.2) is 0 Å². The average Bonchev–Trinajstić information content (AvgIpc) is 2.74. The molecule has 136 valence electrons. The van der Waals surface area contributed by atoms with Crippen LogP contribution in [0.25, 0.3) is 22.3 Å². The van der Waals surface area contributed by atoms with Crippen LogP contribution in [0.2, 0.25) is 0 Å². The second-order valence-corrected chi connectivity index (χ2v) is 7.06. The fraction of sp³-hybridized carbons (Fsp3) is 0.0741. The Kier molecular flexibility index (Phi) is 4.90. The van der Waals surface area contributed by atoms with Gasteiger partial charge in [-0.15, -0.1) is 0 Å². The van der Waals surface area contributed by atoms with Gasteiger partial charge in [-0.2, -0.15) is 0 Å². The molecule has 0 saturated carbocycles. The third-order valence-electron chi connectivity index (χ3n) is 5.16. The Balaban J connectivity index is 1.92. The fourth-order valence-electron chi connectivity index (χ4n) is 3.84. The number of carbonyl (C=O) groups excluding carboxylic acids is 1. The molecule has 1 nitrogen and oxygen atoms in total. The zero-order valence-corrected chi connectivity index (χ0v) is 16.1. The van der Waals surface area contributed by atoms with E-state index in [1.54, 1.807) is 0 Å². The van der Waals surface area contributed by atoms with Gasteiger partial charge in [0.1, 0.15) is 0 Å². The van der Waals surface area contributed by atoms with Crippen molar-refractivity contribution in [3.05, 3.63) is 119 Å². The number of benzene rings is 4. The standard InChI is InChI=1S/C27H22O/c1-19-11-9-17-23(25(19)21-13-5-3-6-14-21)27(28)24-18-10-12-20(2)26(24)22-15-7-4-8-16-22/h3-18H,1-2H3. The van der Waals surface area contributed by atoms with Crippen LogP contribution in [-0.4, -0.2) is 5.78 Å². The predicted octanol–water partition coefficient (Wildman–Crippen LogP) is 6.87. The number of carbonyl (C=O) groups is 1. The van der Waals surface area contributed by atoms with Gasteiger partial charge in [-0.1, -0.05) is 97.1 Å². The maximum absolute atomic E-state index is 13.7. The molecule has 4 aromatic carbocycles. The minimum atomic E-state index is 0.0603. The molecule has 0 fully saturated rings. The molecule has 0 radical (unpaired) electrons. The van der Waals surface area contributed by atoms with Gasteiger partial charge in [0.05, 0.1) is 0 Å². The molecule has 28 heavy (non-hydrogen) atoms. The zero-order chi connectivity index (χ0) is 19.5. The van der Waals surface area contributed by atoms with E-state index < -0.39 is 0 Å². The van der Waals surface area contributed by atoms with Crippen LogP contribution in [0.4, 0.5) is 0 Å². The second-order valence-electron chi connectivity index (χ2n) is 7.06. The summed E-state index contributed by atoms with van der Waals surface area (Å²) in [6, 6.07) is 32.2. The lowest BCUT2D eigenvalue weighted by molar-refractivity contribution is 0.104. The van der Waals surface area contributed by atoms with Crippen molar-refractivity contribution in [3.8, 4) is 22.3 Å². The lowest BCUT2D eigenvalue weighted by atomic mass is 9.86. The van der Waals surface area contributed by atoms with Crippen LogP contribution in [0.1, 0.15) is 27.0 Å². The van der Waals surface area contributed by atoms with Crippen molar-refractivity contribution >= 4 is 5.78 Å². The summed E-state index contributed by atoms with van der Waals surface area (Å²) in [6.07, 6.45) is 0. The highest BCUT2D eigenvalue weighted by molar-refractivity contribution is 6.16. The maximum atomic E-state index is 13.7. The Hall–Kier alpha value is -3.45. The summed E-state index contributed by atoms with van der Waals surface area (Å²) in [5.41, 5.74) is 7.85. The molecule has 0 aliphatic carbocycles. The Morgan fingerprint density at radius 2 is 0.893 bits per heavy atom. The van der Waals surface area contributed by atoms with Crippen LogP contribution in [0.15, 0.2) is 97.1 Å².